The molecular weight excluding hydrogens is 260 g/mol. The number of hydrogen-bond acceptors (Lipinski definition) is 5. The van der Waals surface area contributed by atoms with Crippen molar-refractivity contribution in [2.75, 3.05) is 20.2 Å². The summed E-state index contributed by atoms with van der Waals surface area (Å²) >= 11 is 1.48. The Kier molecular flexibility index (Phi) is 4.71. The van der Waals surface area contributed by atoms with Crippen molar-refractivity contribution < 1.29 is 9.53 Å². The van der Waals surface area contributed by atoms with Crippen LogP contribution in [0.25, 0.3) is 0 Å². The summed E-state index contributed by atoms with van der Waals surface area (Å²) in [5.41, 5.74) is 2.47. The van der Waals surface area contributed by atoms with Gasteiger partial charge in [-0.2, -0.15) is 0 Å². The molecule has 19 heavy (non-hydrogen) atoms. The molecule has 2 heterocycles. The number of aromatic nitrogens is 1. The first-order valence-corrected chi connectivity index (χ1v) is 7.36. The number of carbonyl (C=O) groups excluding carboxylic acids is 1. The van der Waals surface area contributed by atoms with Gasteiger partial charge >= 0.3 is 5.97 Å². The second-order valence-electron chi connectivity index (χ2n) is 4.79. The van der Waals surface area contributed by atoms with Gasteiger partial charge in [-0.15, -0.1) is 11.3 Å². The van der Waals surface area contributed by atoms with Crippen molar-refractivity contribution in [1.29, 1.82) is 0 Å². The molecule has 0 N–H and O–H groups in total. The van der Waals surface area contributed by atoms with Gasteiger partial charge in [-0.3, -0.25) is 4.90 Å². The third-order valence-electron chi connectivity index (χ3n) is 3.48. The van der Waals surface area contributed by atoms with Gasteiger partial charge < -0.3 is 4.74 Å². The minimum Gasteiger partial charge on any atom is -0.464 e. The molecule has 0 spiro atoms. The van der Waals surface area contributed by atoms with Crippen LogP contribution < -0.4 is 0 Å². The summed E-state index contributed by atoms with van der Waals surface area (Å²) in [6, 6.07) is 0. The highest BCUT2D eigenvalue weighted by molar-refractivity contribution is 7.13. The molecule has 0 saturated heterocycles. The number of methoxy groups -OCH3 is 1. The molecule has 5 heteroatoms. The van der Waals surface area contributed by atoms with Crippen LogP contribution in [0.2, 0.25) is 0 Å². The highest BCUT2D eigenvalue weighted by Gasteiger charge is 2.23. The third-order valence-corrected chi connectivity index (χ3v) is 4.62. The van der Waals surface area contributed by atoms with E-state index < -0.39 is 0 Å². The van der Waals surface area contributed by atoms with Crippen LogP contribution in [0.1, 0.15) is 40.6 Å². The van der Waals surface area contributed by atoms with Gasteiger partial charge in [0.25, 0.3) is 0 Å². The van der Waals surface area contributed by atoms with Crippen LogP contribution in [-0.4, -0.2) is 36.1 Å². The predicted molar refractivity (Wildman–Crippen MR) is 76.5 cm³/mol. The number of hydrogen-bond donors (Lipinski definition) is 0. The number of fused-ring (bicyclic) bond motifs is 1. The summed E-state index contributed by atoms with van der Waals surface area (Å²) in [6.45, 7) is 7.19. The fourth-order valence-electron chi connectivity index (χ4n) is 2.10. The Morgan fingerprint density at radius 2 is 2.37 bits per heavy atom. The Labute approximate surface area is 118 Å². The first-order chi connectivity index (χ1) is 9.13. The van der Waals surface area contributed by atoms with E-state index >= 15 is 0 Å². The van der Waals surface area contributed by atoms with Crippen LogP contribution in [0.3, 0.4) is 0 Å². The summed E-state index contributed by atoms with van der Waals surface area (Å²) in [7, 11) is 1.40. The summed E-state index contributed by atoms with van der Waals surface area (Å²) < 4.78 is 4.72. The highest BCUT2D eigenvalue weighted by Crippen LogP contribution is 2.25. The molecule has 0 radical (unpaired) electrons. The summed E-state index contributed by atoms with van der Waals surface area (Å²) in [4.78, 5) is 19.5. The van der Waals surface area contributed by atoms with Gasteiger partial charge in [0, 0.05) is 24.5 Å². The van der Waals surface area contributed by atoms with E-state index in [1.165, 1.54) is 28.9 Å². The van der Waals surface area contributed by atoms with Crippen LogP contribution in [0.5, 0.6) is 0 Å². The first-order valence-electron chi connectivity index (χ1n) is 6.55. The molecule has 1 aromatic heterocycles. The predicted octanol–water partition coefficient (Wildman–Crippen LogP) is 2.64. The van der Waals surface area contributed by atoms with E-state index in [1.54, 1.807) is 0 Å². The van der Waals surface area contributed by atoms with Crippen LogP contribution in [0, 0.1) is 0 Å². The maximum Gasteiger partial charge on any atom is 0.367 e. The van der Waals surface area contributed by atoms with Crippen LogP contribution in [0.15, 0.2) is 11.6 Å². The quantitative estimate of drug-likeness (QED) is 0.628. The highest BCUT2D eigenvalue weighted by atomic mass is 32.1. The molecule has 0 atom stereocenters. The molecule has 0 bridgehead atoms. The van der Waals surface area contributed by atoms with Crippen LogP contribution >= 0.6 is 11.3 Å². The molecule has 1 aromatic rings. The fourth-order valence-corrected chi connectivity index (χ4v) is 3.07. The number of thiazole rings is 1. The Balaban J connectivity index is 1.99. The Hall–Kier alpha value is -1.20. The van der Waals surface area contributed by atoms with Gasteiger partial charge in [-0.1, -0.05) is 11.6 Å². The third kappa shape index (κ3) is 3.42. The maximum absolute atomic E-state index is 11.5. The monoisotopic (exact) mass is 280 g/mol. The molecule has 4 nitrogen and oxygen atoms in total. The first kappa shape index (κ1) is 14.2. The Morgan fingerprint density at radius 3 is 3.05 bits per heavy atom. The lowest BCUT2D eigenvalue weighted by Gasteiger charge is -2.25. The van der Waals surface area contributed by atoms with Gasteiger partial charge in [-0.25, -0.2) is 9.78 Å². The van der Waals surface area contributed by atoms with E-state index in [2.05, 4.69) is 29.8 Å². The molecule has 0 aromatic carbocycles. The summed E-state index contributed by atoms with van der Waals surface area (Å²) in [6.07, 6.45) is 4.24. The number of esters is 1. The second-order valence-corrected chi connectivity index (χ2v) is 5.88. The minimum atomic E-state index is -0.323. The Bertz CT molecular complexity index is 494. The zero-order chi connectivity index (χ0) is 13.8. The molecule has 1 aliphatic heterocycles. The van der Waals surface area contributed by atoms with E-state index in [4.69, 9.17) is 4.74 Å². The standard InChI is InChI=1S/C14H20N2O2S/c1-4-10(2)5-7-16-8-6-12-11(9-16)15-13(19-12)14(17)18-3/h4H,5-9H2,1-3H3/b10-4+. The maximum atomic E-state index is 11.5. The lowest BCUT2D eigenvalue weighted by atomic mass is 10.1. The van der Waals surface area contributed by atoms with E-state index in [1.807, 2.05) is 0 Å². The number of nitrogens with zero attached hydrogens (tertiary/aromatic N) is 2. The number of allylic oxidation sites excluding steroid dienone is 1. The second kappa shape index (κ2) is 6.30. The van der Waals surface area contributed by atoms with Crippen molar-refractivity contribution in [2.45, 2.75) is 33.2 Å². The Morgan fingerprint density at radius 1 is 1.58 bits per heavy atom. The molecule has 2 rings (SSSR count). The van der Waals surface area contributed by atoms with Gasteiger partial charge in [-0.05, 0) is 26.7 Å². The lowest BCUT2D eigenvalue weighted by Crippen LogP contribution is -2.31. The number of carbonyl (C=O) groups is 1. The van der Waals surface area contributed by atoms with Crippen molar-refractivity contribution in [3.63, 3.8) is 0 Å². The van der Waals surface area contributed by atoms with Crippen LogP contribution in [0.4, 0.5) is 0 Å². The zero-order valence-electron chi connectivity index (χ0n) is 11.7. The van der Waals surface area contributed by atoms with E-state index in [-0.39, 0.29) is 5.97 Å². The van der Waals surface area contributed by atoms with Gasteiger partial charge in [0.05, 0.1) is 12.8 Å². The minimum absolute atomic E-state index is 0.323. The largest absolute Gasteiger partial charge is 0.464 e. The molecule has 1 aliphatic rings. The number of ether oxygens (including phenoxy) is 1. The normalized spacial score (nSPS) is 16.3. The van der Waals surface area contributed by atoms with Crippen LogP contribution in [-0.2, 0) is 17.7 Å². The van der Waals surface area contributed by atoms with Gasteiger partial charge in [0.2, 0.25) is 5.01 Å². The van der Waals surface area contributed by atoms with Crippen molar-refractivity contribution in [2.24, 2.45) is 0 Å². The molecule has 0 saturated carbocycles. The molecule has 0 unspecified atom stereocenters. The molecular formula is C14H20N2O2S. The summed E-state index contributed by atoms with van der Waals surface area (Å²) in [5, 5.41) is 0.485. The van der Waals surface area contributed by atoms with E-state index in [0.717, 1.165) is 38.2 Å². The molecule has 0 fully saturated rings. The summed E-state index contributed by atoms with van der Waals surface area (Å²) in [5.74, 6) is -0.323. The average molecular weight is 280 g/mol. The fraction of sp³-hybridized carbons (Fsp3) is 0.571. The zero-order valence-corrected chi connectivity index (χ0v) is 12.5. The smallest absolute Gasteiger partial charge is 0.367 e. The van der Waals surface area contributed by atoms with E-state index in [0.29, 0.717) is 5.01 Å². The van der Waals surface area contributed by atoms with Gasteiger partial charge in [0.15, 0.2) is 0 Å². The topological polar surface area (TPSA) is 42.4 Å². The van der Waals surface area contributed by atoms with Crippen molar-refractivity contribution in [1.82, 2.24) is 9.88 Å². The van der Waals surface area contributed by atoms with Gasteiger partial charge in [0.1, 0.15) is 0 Å². The molecule has 0 aliphatic carbocycles. The average Bonchev–Trinajstić information content (AvgIpc) is 2.86. The lowest BCUT2D eigenvalue weighted by molar-refractivity contribution is 0.0600. The molecule has 0 amide bonds. The van der Waals surface area contributed by atoms with Crippen molar-refractivity contribution in [3.05, 3.63) is 27.2 Å². The van der Waals surface area contributed by atoms with Crippen molar-refractivity contribution >= 4 is 17.3 Å². The molecule has 104 valence electrons. The number of rotatable bonds is 4. The SMILES string of the molecule is C/C=C(\C)CCN1CCc2sc(C(=O)OC)nc2C1. The van der Waals surface area contributed by atoms with E-state index in [9.17, 15) is 4.79 Å². The van der Waals surface area contributed by atoms with Crippen molar-refractivity contribution in [3.8, 4) is 0 Å².